The van der Waals surface area contributed by atoms with E-state index in [4.69, 9.17) is 4.42 Å². The topological polar surface area (TPSA) is 92.9 Å². The fraction of sp³-hybridized carbons (Fsp3) is 0.0667. The zero-order valence-corrected chi connectivity index (χ0v) is 11.6. The van der Waals surface area contributed by atoms with Crippen molar-refractivity contribution in [2.45, 2.75) is 0 Å². The normalized spacial score (nSPS) is 10.4. The summed E-state index contributed by atoms with van der Waals surface area (Å²) in [6.45, 7) is 3.87. The Morgan fingerprint density at radius 1 is 1.36 bits per heavy atom. The van der Waals surface area contributed by atoms with Crippen LogP contribution in [0.5, 0.6) is 0 Å². The van der Waals surface area contributed by atoms with Crippen molar-refractivity contribution >= 4 is 23.3 Å². The van der Waals surface area contributed by atoms with E-state index in [0.29, 0.717) is 17.8 Å². The van der Waals surface area contributed by atoms with E-state index in [-0.39, 0.29) is 6.01 Å². The molecule has 3 heterocycles. The van der Waals surface area contributed by atoms with Crippen molar-refractivity contribution in [3.8, 4) is 11.1 Å². The highest BCUT2D eigenvalue weighted by Crippen LogP contribution is 2.23. The Morgan fingerprint density at radius 2 is 2.27 bits per heavy atom. The third-order valence-electron chi connectivity index (χ3n) is 2.87. The predicted molar refractivity (Wildman–Crippen MR) is 82.3 cm³/mol. The van der Waals surface area contributed by atoms with Gasteiger partial charge in [0.1, 0.15) is 5.52 Å². The van der Waals surface area contributed by atoms with E-state index in [0.717, 1.165) is 11.1 Å². The Labute approximate surface area is 126 Å². The minimum absolute atomic E-state index is 0.0902. The minimum Gasteiger partial charge on any atom is -0.404 e. The molecule has 22 heavy (non-hydrogen) atoms. The number of hydrogen-bond donors (Lipinski definition) is 2. The zero-order chi connectivity index (χ0) is 15.4. The van der Waals surface area contributed by atoms with Crippen molar-refractivity contribution in [2.75, 3.05) is 11.9 Å². The van der Waals surface area contributed by atoms with Crippen LogP contribution in [0.1, 0.15) is 0 Å². The number of hydrogen-bond acceptors (Lipinski definition) is 5. The maximum Gasteiger partial charge on any atom is 0.323 e. The van der Waals surface area contributed by atoms with Crippen molar-refractivity contribution in [3.05, 3.63) is 49.4 Å². The van der Waals surface area contributed by atoms with Crippen LogP contribution in [0.15, 0.2) is 53.9 Å². The van der Waals surface area contributed by atoms with Crippen LogP contribution in [-0.2, 0) is 0 Å². The molecule has 110 valence electrons. The van der Waals surface area contributed by atoms with E-state index in [9.17, 15) is 4.79 Å². The SMILES string of the molecule is C=CCNC(=O)Nc1nc2cc(-c3cccnc3)cnc2o1. The Bertz CT molecular complexity index is 813. The average molecular weight is 295 g/mol. The van der Waals surface area contributed by atoms with Gasteiger partial charge in [-0.25, -0.2) is 9.78 Å². The number of aromatic nitrogens is 3. The van der Waals surface area contributed by atoms with Gasteiger partial charge >= 0.3 is 12.0 Å². The molecule has 3 aromatic rings. The van der Waals surface area contributed by atoms with Gasteiger partial charge in [0.25, 0.3) is 0 Å². The Kier molecular flexibility index (Phi) is 3.78. The number of nitrogens with zero attached hydrogens (tertiary/aromatic N) is 3. The molecule has 7 nitrogen and oxygen atoms in total. The summed E-state index contributed by atoms with van der Waals surface area (Å²) in [4.78, 5) is 24.0. The molecule has 0 aromatic carbocycles. The molecule has 0 aliphatic heterocycles. The van der Waals surface area contributed by atoms with E-state index in [1.165, 1.54) is 0 Å². The third-order valence-corrected chi connectivity index (χ3v) is 2.87. The second-order valence-corrected chi connectivity index (χ2v) is 4.43. The lowest BCUT2D eigenvalue weighted by Crippen LogP contribution is -2.28. The molecule has 0 fully saturated rings. The minimum atomic E-state index is -0.418. The molecule has 0 spiro atoms. The number of nitrogens with one attached hydrogen (secondary N) is 2. The van der Waals surface area contributed by atoms with Crippen molar-refractivity contribution in [3.63, 3.8) is 0 Å². The molecule has 3 rings (SSSR count). The Balaban J connectivity index is 1.84. The fourth-order valence-electron chi connectivity index (χ4n) is 1.87. The summed E-state index contributed by atoms with van der Waals surface area (Å²) < 4.78 is 5.37. The molecule has 0 saturated carbocycles. The lowest BCUT2D eigenvalue weighted by molar-refractivity contribution is 0.252. The summed E-state index contributed by atoms with van der Waals surface area (Å²) in [5.41, 5.74) is 2.71. The van der Waals surface area contributed by atoms with Gasteiger partial charge in [-0.1, -0.05) is 12.1 Å². The summed E-state index contributed by atoms with van der Waals surface area (Å²) in [5, 5.41) is 5.06. The lowest BCUT2D eigenvalue weighted by atomic mass is 10.1. The van der Waals surface area contributed by atoms with Crippen LogP contribution in [0.3, 0.4) is 0 Å². The summed E-state index contributed by atoms with van der Waals surface area (Å²) in [6, 6.07) is 5.28. The molecule has 3 aromatic heterocycles. The number of fused-ring (bicyclic) bond motifs is 1. The van der Waals surface area contributed by atoms with Gasteiger partial charge in [0.2, 0.25) is 5.71 Å². The number of amides is 2. The first-order valence-electron chi connectivity index (χ1n) is 6.59. The molecule has 0 bridgehead atoms. The lowest BCUT2D eigenvalue weighted by Gasteiger charge is -2.00. The number of rotatable bonds is 4. The number of carbonyl (C=O) groups is 1. The molecule has 2 N–H and O–H groups in total. The number of pyridine rings is 2. The van der Waals surface area contributed by atoms with Crippen LogP contribution in [0.4, 0.5) is 10.8 Å². The second kappa shape index (κ2) is 6.04. The fourth-order valence-corrected chi connectivity index (χ4v) is 1.87. The van der Waals surface area contributed by atoms with Crippen molar-refractivity contribution in [2.24, 2.45) is 0 Å². The van der Waals surface area contributed by atoms with Crippen LogP contribution < -0.4 is 10.6 Å². The standard InChI is InChI=1S/C15H13N5O2/c1-2-5-17-14(21)20-15-19-12-7-11(9-18-13(12)22-15)10-4-3-6-16-8-10/h2-4,6-9H,1,5H2,(H2,17,19,20,21). The number of urea groups is 1. The molecule has 2 amide bonds. The van der Waals surface area contributed by atoms with Gasteiger partial charge in [0, 0.05) is 36.3 Å². The average Bonchev–Trinajstić information content (AvgIpc) is 2.95. The highest BCUT2D eigenvalue weighted by atomic mass is 16.4. The van der Waals surface area contributed by atoms with E-state index in [1.54, 1.807) is 24.7 Å². The molecule has 7 heteroatoms. The summed E-state index contributed by atoms with van der Waals surface area (Å²) in [7, 11) is 0. The van der Waals surface area contributed by atoms with Gasteiger partial charge < -0.3 is 9.73 Å². The third kappa shape index (κ3) is 2.93. The van der Waals surface area contributed by atoms with Crippen LogP contribution >= 0.6 is 0 Å². The Morgan fingerprint density at radius 3 is 3.05 bits per heavy atom. The predicted octanol–water partition coefficient (Wildman–Crippen LogP) is 2.59. The number of oxazole rings is 1. The van der Waals surface area contributed by atoms with Gasteiger partial charge in [-0.15, -0.1) is 6.58 Å². The van der Waals surface area contributed by atoms with Gasteiger partial charge in [0.05, 0.1) is 0 Å². The molecule has 0 saturated heterocycles. The van der Waals surface area contributed by atoms with E-state index in [1.807, 2.05) is 18.2 Å². The summed E-state index contributed by atoms with van der Waals surface area (Å²) >= 11 is 0. The molecule has 0 atom stereocenters. The molecule has 0 unspecified atom stereocenters. The van der Waals surface area contributed by atoms with Crippen LogP contribution in [0.2, 0.25) is 0 Å². The molecular formula is C15H13N5O2. The summed E-state index contributed by atoms with van der Waals surface area (Å²) in [5.74, 6) is 0. The van der Waals surface area contributed by atoms with Gasteiger partial charge in [0.15, 0.2) is 0 Å². The highest BCUT2D eigenvalue weighted by molar-refractivity contribution is 5.88. The quantitative estimate of drug-likeness (QED) is 0.722. The van der Waals surface area contributed by atoms with E-state index >= 15 is 0 Å². The van der Waals surface area contributed by atoms with E-state index in [2.05, 4.69) is 32.2 Å². The maximum atomic E-state index is 11.5. The first-order chi connectivity index (χ1) is 10.8. The van der Waals surface area contributed by atoms with Gasteiger partial charge in [-0.05, 0) is 12.1 Å². The highest BCUT2D eigenvalue weighted by Gasteiger charge is 2.11. The van der Waals surface area contributed by atoms with Crippen LogP contribution in [-0.4, -0.2) is 27.5 Å². The van der Waals surface area contributed by atoms with Gasteiger partial charge in [-0.3, -0.25) is 10.3 Å². The van der Waals surface area contributed by atoms with Crippen molar-refractivity contribution in [1.82, 2.24) is 20.3 Å². The van der Waals surface area contributed by atoms with Crippen molar-refractivity contribution in [1.29, 1.82) is 0 Å². The first kappa shape index (κ1) is 13.7. The molecular weight excluding hydrogens is 282 g/mol. The second-order valence-electron chi connectivity index (χ2n) is 4.43. The zero-order valence-electron chi connectivity index (χ0n) is 11.6. The largest absolute Gasteiger partial charge is 0.404 e. The maximum absolute atomic E-state index is 11.5. The number of anilines is 1. The van der Waals surface area contributed by atoms with Crippen LogP contribution in [0, 0.1) is 0 Å². The van der Waals surface area contributed by atoms with Gasteiger partial charge in [-0.2, -0.15) is 4.98 Å². The summed E-state index contributed by atoms with van der Waals surface area (Å²) in [6.07, 6.45) is 6.69. The monoisotopic (exact) mass is 295 g/mol. The molecule has 0 aliphatic carbocycles. The van der Waals surface area contributed by atoms with E-state index < -0.39 is 6.03 Å². The van der Waals surface area contributed by atoms with Crippen molar-refractivity contribution < 1.29 is 9.21 Å². The Hall–Kier alpha value is -3.22. The van der Waals surface area contributed by atoms with Crippen LogP contribution in [0.25, 0.3) is 22.4 Å². The molecule has 0 aliphatic rings. The first-order valence-corrected chi connectivity index (χ1v) is 6.59. The smallest absolute Gasteiger partial charge is 0.323 e. The number of carbonyl (C=O) groups excluding carboxylic acids is 1. The molecule has 0 radical (unpaired) electrons.